The van der Waals surface area contributed by atoms with Gasteiger partial charge in [0.05, 0.1) is 6.20 Å². The maximum Gasteiger partial charge on any atom is 0.410 e. The number of carbonyl (C=O) groups is 1. The number of rotatable bonds is 5. The van der Waals surface area contributed by atoms with Crippen LogP contribution in [0.1, 0.15) is 47.0 Å². The summed E-state index contributed by atoms with van der Waals surface area (Å²) in [6.45, 7) is 7.87. The van der Waals surface area contributed by atoms with Crippen LogP contribution in [-0.4, -0.2) is 67.8 Å². The van der Waals surface area contributed by atoms with E-state index < -0.39 is 32.3 Å². The maximum absolute atomic E-state index is 14.9. The molecule has 218 valence electrons. The van der Waals surface area contributed by atoms with E-state index >= 15 is 0 Å². The largest absolute Gasteiger partial charge is 0.444 e. The van der Waals surface area contributed by atoms with Gasteiger partial charge in [0.1, 0.15) is 10.3 Å². The third-order valence-corrected chi connectivity index (χ3v) is 9.52. The molecule has 0 radical (unpaired) electrons. The molecule has 1 fully saturated rings. The third-order valence-electron chi connectivity index (χ3n) is 7.02. The predicted octanol–water partition coefficient (Wildman–Crippen LogP) is 5.46. The van der Waals surface area contributed by atoms with Crippen molar-refractivity contribution in [1.29, 1.82) is 0 Å². The predicted molar refractivity (Wildman–Crippen MR) is 156 cm³/mol. The number of carbonyl (C=O) groups excluding carboxylic acids is 1. The Balaban J connectivity index is 1.47. The van der Waals surface area contributed by atoms with Crippen LogP contribution in [0, 0.1) is 5.82 Å². The summed E-state index contributed by atoms with van der Waals surface area (Å²) < 4.78 is 48.0. The van der Waals surface area contributed by atoms with Gasteiger partial charge in [-0.2, -0.15) is 0 Å². The maximum atomic E-state index is 14.9. The lowest BCUT2D eigenvalue weighted by atomic mass is 10.0. The molecule has 5 rings (SSSR count). The highest BCUT2D eigenvalue weighted by atomic mass is 35.5. The van der Waals surface area contributed by atoms with E-state index in [1.807, 2.05) is 0 Å². The molecule has 1 unspecified atom stereocenters. The van der Waals surface area contributed by atoms with E-state index in [1.165, 1.54) is 18.5 Å². The van der Waals surface area contributed by atoms with E-state index in [1.54, 1.807) is 56.9 Å². The topological polar surface area (TPSA) is 119 Å². The zero-order valence-electron chi connectivity index (χ0n) is 23.3. The minimum atomic E-state index is -4.03. The van der Waals surface area contributed by atoms with Gasteiger partial charge in [0.15, 0.2) is 23.1 Å². The number of aromatic nitrogens is 4. The Kier molecular flexibility index (Phi) is 7.58. The Morgan fingerprint density at radius 3 is 2.80 bits per heavy atom. The quantitative estimate of drug-likeness (QED) is 0.409. The number of fused-ring (bicyclic) bond motifs is 1. The van der Waals surface area contributed by atoms with E-state index in [9.17, 15) is 17.6 Å². The van der Waals surface area contributed by atoms with E-state index in [4.69, 9.17) is 16.3 Å². The highest BCUT2D eigenvalue weighted by molar-refractivity contribution is 7.91. The molecule has 10 nitrogen and oxygen atoms in total. The number of nitrogens with zero attached hydrogens (tertiary/aromatic N) is 5. The Hall–Kier alpha value is -3.51. The Bertz CT molecular complexity index is 1670. The minimum Gasteiger partial charge on any atom is -0.444 e. The number of pyridine rings is 1. The van der Waals surface area contributed by atoms with Crippen molar-refractivity contribution < 1.29 is 22.3 Å². The van der Waals surface area contributed by atoms with Crippen LogP contribution >= 0.6 is 11.6 Å². The van der Waals surface area contributed by atoms with Crippen LogP contribution < -0.4 is 5.32 Å². The van der Waals surface area contributed by atoms with E-state index in [2.05, 4.69) is 20.3 Å². The molecule has 3 aromatic rings. The fourth-order valence-electron chi connectivity index (χ4n) is 4.98. The SMILES string of the molecule is CC(C)(C)OC(=O)N1CCC[C@H](Nc2nc(-c3cn(S(=O)(=O)C4(C)C=C(Cl)C=CC4)c4ncccc34)ncc2F)C1. The van der Waals surface area contributed by atoms with Gasteiger partial charge in [-0.15, -0.1) is 0 Å². The summed E-state index contributed by atoms with van der Waals surface area (Å²) in [6.07, 6.45) is 10.1. The van der Waals surface area contributed by atoms with Gasteiger partial charge in [-0.1, -0.05) is 17.7 Å². The zero-order chi connectivity index (χ0) is 29.6. The van der Waals surface area contributed by atoms with E-state index in [0.717, 1.165) is 10.2 Å². The molecule has 1 saturated heterocycles. The van der Waals surface area contributed by atoms with Gasteiger partial charge < -0.3 is 15.0 Å². The Morgan fingerprint density at radius 1 is 1.29 bits per heavy atom. The van der Waals surface area contributed by atoms with Crippen LogP contribution in [0.25, 0.3) is 22.4 Å². The van der Waals surface area contributed by atoms with Crippen molar-refractivity contribution in [3.05, 3.63) is 59.8 Å². The average Bonchev–Trinajstić information content (AvgIpc) is 3.29. The number of ether oxygens (including phenoxy) is 1. The molecule has 2 aliphatic rings. The second-order valence-electron chi connectivity index (χ2n) is 11.5. The lowest BCUT2D eigenvalue weighted by Gasteiger charge is -2.34. The minimum absolute atomic E-state index is 0.0437. The fourth-order valence-corrected chi connectivity index (χ4v) is 7.02. The van der Waals surface area contributed by atoms with Crippen molar-refractivity contribution >= 4 is 44.6 Å². The van der Waals surface area contributed by atoms with Gasteiger partial charge in [0.2, 0.25) is 10.0 Å². The molecule has 41 heavy (non-hydrogen) atoms. The van der Waals surface area contributed by atoms with E-state index in [-0.39, 0.29) is 29.8 Å². The molecular weight excluding hydrogens is 571 g/mol. The standard InChI is InChI=1S/C28H32ClFN6O4S/c1-27(2,3)40-26(37)35-13-7-9-19(16-35)33-24-22(30)15-32-23(34-24)21-17-36(25-20(21)10-6-12-31-25)41(38,39)28(4)11-5-8-18(29)14-28/h5-6,8,10,12,14-15,17,19H,7,9,11,13,16H2,1-4H3,(H,32,33,34)/t19-,28?/m0/s1. The zero-order valence-corrected chi connectivity index (χ0v) is 24.8. The van der Waals surface area contributed by atoms with Crippen LogP contribution in [0.15, 0.2) is 54.0 Å². The molecule has 0 spiro atoms. The van der Waals surface area contributed by atoms with Crippen LogP contribution in [0.4, 0.5) is 15.0 Å². The monoisotopic (exact) mass is 602 g/mol. The molecule has 0 bridgehead atoms. The molecule has 0 aromatic carbocycles. The average molecular weight is 603 g/mol. The number of amides is 1. The van der Waals surface area contributed by atoms with Gasteiger partial charge in [-0.25, -0.2) is 36.5 Å². The number of allylic oxidation sites excluding steroid dienone is 3. The molecule has 1 aliphatic heterocycles. The molecule has 3 aromatic heterocycles. The van der Waals surface area contributed by atoms with Crippen molar-refractivity contribution in [3.8, 4) is 11.4 Å². The van der Waals surface area contributed by atoms with Crippen LogP contribution in [0.2, 0.25) is 0 Å². The third kappa shape index (κ3) is 5.80. The first kappa shape index (κ1) is 29.0. The second-order valence-corrected chi connectivity index (χ2v) is 14.2. The first-order chi connectivity index (χ1) is 19.3. The van der Waals surface area contributed by atoms with E-state index in [0.29, 0.717) is 41.9 Å². The van der Waals surface area contributed by atoms with Crippen molar-refractivity contribution in [2.45, 2.75) is 63.3 Å². The summed E-state index contributed by atoms with van der Waals surface area (Å²) in [5.41, 5.74) is -0.0467. The number of hydrogen-bond donors (Lipinski definition) is 1. The molecule has 1 amide bonds. The number of piperidine rings is 1. The van der Waals surface area contributed by atoms with Gasteiger partial charge in [-0.05, 0) is 71.2 Å². The molecule has 4 heterocycles. The Morgan fingerprint density at radius 2 is 2.07 bits per heavy atom. The molecule has 1 aliphatic carbocycles. The lowest BCUT2D eigenvalue weighted by molar-refractivity contribution is 0.0206. The summed E-state index contributed by atoms with van der Waals surface area (Å²) in [6, 6.07) is 3.13. The van der Waals surface area contributed by atoms with Crippen molar-refractivity contribution in [3.63, 3.8) is 0 Å². The van der Waals surface area contributed by atoms with Crippen molar-refractivity contribution in [2.24, 2.45) is 0 Å². The van der Waals surface area contributed by atoms with Crippen LogP contribution in [0.3, 0.4) is 0 Å². The highest BCUT2D eigenvalue weighted by Gasteiger charge is 2.40. The van der Waals surface area contributed by atoms with Gasteiger partial charge in [-0.3, -0.25) is 0 Å². The number of likely N-dealkylation sites (tertiary alicyclic amines) is 1. The van der Waals surface area contributed by atoms with Gasteiger partial charge in [0.25, 0.3) is 0 Å². The molecule has 1 N–H and O–H groups in total. The first-order valence-electron chi connectivity index (χ1n) is 13.3. The second kappa shape index (κ2) is 10.7. The molecule has 13 heteroatoms. The Labute approximate surface area is 243 Å². The van der Waals surface area contributed by atoms with Gasteiger partial charge in [0, 0.05) is 47.5 Å². The lowest BCUT2D eigenvalue weighted by Crippen LogP contribution is -2.47. The number of anilines is 1. The van der Waals surface area contributed by atoms with Crippen LogP contribution in [-0.2, 0) is 14.8 Å². The molecule has 2 atom stereocenters. The van der Waals surface area contributed by atoms with Gasteiger partial charge >= 0.3 is 6.09 Å². The molecule has 0 saturated carbocycles. The summed E-state index contributed by atoms with van der Waals surface area (Å²) in [5.74, 6) is -0.584. The molecular formula is C28H32ClFN6O4S. The summed E-state index contributed by atoms with van der Waals surface area (Å²) in [4.78, 5) is 27.1. The number of halogens is 2. The summed E-state index contributed by atoms with van der Waals surface area (Å²) in [5, 5.41) is 3.93. The van der Waals surface area contributed by atoms with Crippen LogP contribution in [0.5, 0.6) is 0 Å². The highest BCUT2D eigenvalue weighted by Crippen LogP contribution is 2.36. The number of hydrogen-bond acceptors (Lipinski definition) is 8. The summed E-state index contributed by atoms with van der Waals surface area (Å²) in [7, 11) is -4.03. The van der Waals surface area contributed by atoms with Crippen molar-refractivity contribution in [1.82, 2.24) is 23.8 Å². The number of nitrogens with one attached hydrogen (secondary N) is 1. The summed E-state index contributed by atoms with van der Waals surface area (Å²) >= 11 is 6.17. The fraction of sp³-hybridized carbons (Fsp3) is 0.429. The van der Waals surface area contributed by atoms with Crippen molar-refractivity contribution in [2.75, 3.05) is 18.4 Å². The smallest absolute Gasteiger partial charge is 0.410 e. The normalized spacial score (nSPS) is 21.6. The first-order valence-corrected chi connectivity index (χ1v) is 15.1.